The van der Waals surface area contributed by atoms with E-state index in [4.69, 9.17) is 24.8 Å². The van der Waals surface area contributed by atoms with Gasteiger partial charge in [-0.1, -0.05) is 17.2 Å². The Morgan fingerprint density at radius 3 is 2.60 bits per heavy atom. The van der Waals surface area contributed by atoms with Gasteiger partial charge in [0, 0.05) is 6.54 Å². The maximum Gasteiger partial charge on any atom is 0.0160 e. The Morgan fingerprint density at radius 1 is 1.50 bits per heavy atom. The molecular formula is C7H12NS2-. The van der Waals surface area contributed by atoms with Crippen molar-refractivity contribution >= 4 is 29.2 Å². The summed E-state index contributed by atoms with van der Waals surface area (Å²) in [5.41, 5.74) is 0. The number of nitrogens with one attached hydrogen (secondary N) is 1. The molecule has 58 valence electrons. The lowest BCUT2D eigenvalue weighted by Crippen LogP contribution is -2.24. The van der Waals surface area contributed by atoms with Crippen LogP contribution in [0.25, 0.3) is 0 Å². The summed E-state index contributed by atoms with van der Waals surface area (Å²) in [7, 11) is 0. The molecule has 0 aliphatic heterocycles. The molecule has 0 heterocycles. The standard InChI is InChI=1S/C7H13NS2/c9-7(10)8-5-6-3-1-2-4-6/h6H,1-5H2,(H2,8,9,10)/p-1. The van der Waals surface area contributed by atoms with E-state index in [0.29, 0.717) is 4.32 Å². The summed E-state index contributed by atoms with van der Waals surface area (Å²) in [6.07, 6.45) is 5.48. The van der Waals surface area contributed by atoms with Crippen molar-refractivity contribution in [1.82, 2.24) is 5.32 Å². The molecule has 0 aromatic heterocycles. The van der Waals surface area contributed by atoms with E-state index in [1.54, 1.807) is 0 Å². The molecule has 3 heteroatoms. The van der Waals surface area contributed by atoms with Gasteiger partial charge in [-0.15, -0.1) is 0 Å². The Hall–Kier alpha value is 0.110. The van der Waals surface area contributed by atoms with Crippen molar-refractivity contribution in [3.05, 3.63) is 0 Å². The summed E-state index contributed by atoms with van der Waals surface area (Å²) in [6, 6.07) is 0. The molecule has 1 aliphatic rings. The SMILES string of the molecule is S=C([S-])NCC1CCCC1. The molecule has 10 heavy (non-hydrogen) atoms. The number of hydrogen-bond donors (Lipinski definition) is 1. The van der Waals surface area contributed by atoms with Gasteiger partial charge in [0.2, 0.25) is 0 Å². The molecule has 1 aliphatic carbocycles. The molecule has 0 saturated heterocycles. The summed E-state index contributed by atoms with van der Waals surface area (Å²) < 4.78 is 0.520. The van der Waals surface area contributed by atoms with E-state index >= 15 is 0 Å². The molecule has 1 nitrogen and oxygen atoms in total. The molecule has 1 rings (SSSR count). The molecule has 0 radical (unpaired) electrons. The first kappa shape index (κ1) is 8.21. The van der Waals surface area contributed by atoms with Crippen LogP contribution in [0.1, 0.15) is 25.7 Å². The molecule has 0 aromatic rings. The van der Waals surface area contributed by atoms with Crippen LogP contribution in [0.2, 0.25) is 0 Å². The minimum Gasteiger partial charge on any atom is -0.412 e. The molecule has 0 spiro atoms. The highest BCUT2D eigenvalue weighted by Crippen LogP contribution is 2.23. The van der Waals surface area contributed by atoms with Crippen LogP contribution in [-0.2, 0) is 12.6 Å². The topological polar surface area (TPSA) is 12.0 Å². The van der Waals surface area contributed by atoms with E-state index in [2.05, 4.69) is 5.32 Å². The summed E-state index contributed by atoms with van der Waals surface area (Å²) >= 11 is 9.47. The first-order valence-electron chi connectivity index (χ1n) is 3.74. The van der Waals surface area contributed by atoms with Gasteiger partial charge in [0.15, 0.2) is 0 Å². The lowest BCUT2D eigenvalue weighted by Gasteiger charge is -2.13. The van der Waals surface area contributed by atoms with E-state index in [1.807, 2.05) is 0 Å². The molecule has 1 fully saturated rings. The van der Waals surface area contributed by atoms with Gasteiger partial charge in [-0.05, 0) is 18.8 Å². The highest BCUT2D eigenvalue weighted by Gasteiger charge is 2.13. The van der Waals surface area contributed by atoms with E-state index < -0.39 is 0 Å². The van der Waals surface area contributed by atoms with Crippen LogP contribution < -0.4 is 5.32 Å². The first-order valence-corrected chi connectivity index (χ1v) is 4.55. The third-order valence-electron chi connectivity index (χ3n) is 2.01. The Kier molecular flexibility index (Phi) is 3.35. The Balaban J connectivity index is 2.07. The van der Waals surface area contributed by atoms with Gasteiger partial charge in [0.25, 0.3) is 0 Å². The smallest absolute Gasteiger partial charge is 0.0160 e. The molecular weight excluding hydrogens is 162 g/mol. The minimum absolute atomic E-state index is 0.520. The second kappa shape index (κ2) is 4.09. The van der Waals surface area contributed by atoms with Crippen LogP contribution in [0.3, 0.4) is 0 Å². The zero-order valence-electron chi connectivity index (χ0n) is 5.93. The van der Waals surface area contributed by atoms with Crippen molar-refractivity contribution < 1.29 is 0 Å². The van der Waals surface area contributed by atoms with E-state index in [1.165, 1.54) is 25.7 Å². The second-order valence-electron chi connectivity index (χ2n) is 2.82. The van der Waals surface area contributed by atoms with Crippen LogP contribution in [0.4, 0.5) is 0 Å². The van der Waals surface area contributed by atoms with Gasteiger partial charge in [0.1, 0.15) is 0 Å². The normalized spacial score (nSPS) is 19.2. The van der Waals surface area contributed by atoms with Crippen molar-refractivity contribution in [2.45, 2.75) is 25.7 Å². The van der Waals surface area contributed by atoms with Gasteiger partial charge in [-0.25, -0.2) is 0 Å². The van der Waals surface area contributed by atoms with Crippen molar-refractivity contribution in [3.63, 3.8) is 0 Å². The fraction of sp³-hybridized carbons (Fsp3) is 0.857. The predicted molar refractivity (Wildman–Crippen MR) is 49.9 cm³/mol. The zero-order chi connectivity index (χ0) is 7.40. The summed E-state index contributed by atoms with van der Waals surface area (Å²) in [6.45, 7) is 1.00. The summed E-state index contributed by atoms with van der Waals surface area (Å²) in [5, 5.41) is 3.03. The summed E-state index contributed by atoms with van der Waals surface area (Å²) in [4.78, 5) is 0. The fourth-order valence-corrected chi connectivity index (χ4v) is 1.61. The van der Waals surface area contributed by atoms with Crippen molar-refractivity contribution in [2.75, 3.05) is 6.54 Å². The zero-order valence-corrected chi connectivity index (χ0v) is 7.56. The molecule has 0 bridgehead atoms. The van der Waals surface area contributed by atoms with Crippen LogP contribution in [0.15, 0.2) is 0 Å². The quantitative estimate of drug-likeness (QED) is 0.504. The average molecular weight is 174 g/mol. The minimum atomic E-state index is 0.520. The largest absolute Gasteiger partial charge is 0.412 e. The first-order chi connectivity index (χ1) is 4.79. The molecule has 0 aromatic carbocycles. The van der Waals surface area contributed by atoms with E-state index in [9.17, 15) is 0 Å². The van der Waals surface area contributed by atoms with Crippen molar-refractivity contribution in [2.24, 2.45) is 5.92 Å². The van der Waals surface area contributed by atoms with E-state index in [0.717, 1.165) is 12.5 Å². The monoisotopic (exact) mass is 174 g/mol. The maximum absolute atomic E-state index is 4.73. The molecule has 0 atom stereocenters. The van der Waals surface area contributed by atoms with Gasteiger partial charge in [-0.2, -0.15) is 0 Å². The van der Waals surface area contributed by atoms with Crippen molar-refractivity contribution in [1.29, 1.82) is 0 Å². The third-order valence-corrected chi connectivity index (χ3v) is 2.30. The third kappa shape index (κ3) is 2.80. The molecule has 0 amide bonds. The number of hydrogen-bond acceptors (Lipinski definition) is 2. The Morgan fingerprint density at radius 2 is 2.10 bits per heavy atom. The van der Waals surface area contributed by atoms with Crippen LogP contribution in [-0.4, -0.2) is 10.9 Å². The average Bonchev–Trinajstić information content (AvgIpc) is 2.34. The van der Waals surface area contributed by atoms with Gasteiger partial charge < -0.3 is 30.2 Å². The molecule has 1 saturated carbocycles. The Labute approximate surface area is 73.0 Å². The van der Waals surface area contributed by atoms with Crippen LogP contribution in [0.5, 0.6) is 0 Å². The van der Waals surface area contributed by atoms with Crippen LogP contribution in [0, 0.1) is 5.92 Å². The lowest BCUT2D eigenvalue weighted by molar-refractivity contribution is 0.539. The number of thiocarbonyl (C=S) groups is 1. The van der Waals surface area contributed by atoms with E-state index in [-0.39, 0.29) is 0 Å². The summed E-state index contributed by atoms with van der Waals surface area (Å²) in [5.74, 6) is 0.834. The van der Waals surface area contributed by atoms with Crippen molar-refractivity contribution in [3.8, 4) is 0 Å². The highest BCUT2D eigenvalue weighted by atomic mass is 32.1. The fourth-order valence-electron chi connectivity index (χ4n) is 1.44. The molecule has 0 unspecified atom stereocenters. The maximum atomic E-state index is 4.73. The highest BCUT2D eigenvalue weighted by molar-refractivity contribution is 8.00. The predicted octanol–water partition coefficient (Wildman–Crippen LogP) is 1.60. The van der Waals surface area contributed by atoms with Gasteiger partial charge in [0.05, 0.1) is 0 Å². The lowest BCUT2D eigenvalue weighted by atomic mass is 10.1. The number of rotatable bonds is 2. The van der Waals surface area contributed by atoms with Gasteiger partial charge in [-0.3, -0.25) is 0 Å². The molecule has 1 N–H and O–H groups in total. The van der Waals surface area contributed by atoms with Crippen LogP contribution >= 0.6 is 12.2 Å². The van der Waals surface area contributed by atoms with Gasteiger partial charge >= 0.3 is 0 Å². The second-order valence-corrected chi connectivity index (χ2v) is 3.89. The Bertz CT molecular complexity index is 119.